The van der Waals surface area contributed by atoms with Crippen molar-refractivity contribution >= 4 is 21.4 Å². The van der Waals surface area contributed by atoms with E-state index in [-0.39, 0.29) is 16.9 Å². The van der Waals surface area contributed by atoms with Crippen LogP contribution in [-0.4, -0.2) is 30.9 Å². The molecule has 1 N–H and O–H groups in total. The van der Waals surface area contributed by atoms with Crippen LogP contribution in [0.15, 0.2) is 16.3 Å². The number of hydrogen-bond acceptors (Lipinski definition) is 4. The number of nitrogens with zero attached hydrogens (tertiary/aromatic N) is 1. The van der Waals surface area contributed by atoms with Gasteiger partial charge in [0.15, 0.2) is 0 Å². The SMILES string of the molecule is CC1(C)CCCN(S(=O)(=O)c2ccsc2CO)C1. The minimum absolute atomic E-state index is 0.0285. The van der Waals surface area contributed by atoms with Crippen LogP contribution in [0.3, 0.4) is 0 Å². The molecule has 2 heterocycles. The summed E-state index contributed by atoms with van der Waals surface area (Å²) in [4.78, 5) is 0.797. The molecule has 0 saturated carbocycles. The summed E-state index contributed by atoms with van der Waals surface area (Å²) in [6.45, 7) is 5.09. The Morgan fingerprint density at radius 1 is 1.50 bits per heavy atom. The van der Waals surface area contributed by atoms with Crippen molar-refractivity contribution in [2.75, 3.05) is 13.1 Å². The van der Waals surface area contributed by atoms with Gasteiger partial charge in [-0.2, -0.15) is 4.31 Å². The van der Waals surface area contributed by atoms with Crippen molar-refractivity contribution in [2.24, 2.45) is 5.41 Å². The zero-order valence-corrected chi connectivity index (χ0v) is 12.4. The fourth-order valence-electron chi connectivity index (χ4n) is 2.39. The molecule has 0 aromatic carbocycles. The molecule has 0 bridgehead atoms. The van der Waals surface area contributed by atoms with Gasteiger partial charge < -0.3 is 5.11 Å². The highest BCUT2D eigenvalue weighted by atomic mass is 32.2. The van der Waals surface area contributed by atoms with E-state index in [0.29, 0.717) is 18.0 Å². The molecule has 0 atom stereocenters. The zero-order valence-electron chi connectivity index (χ0n) is 10.7. The van der Waals surface area contributed by atoms with Crippen LogP contribution in [0.5, 0.6) is 0 Å². The number of hydrogen-bond donors (Lipinski definition) is 1. The van der Waals surface area contributed by atoms with Gasteiger partial charge in [0.2, 0.25) is 10.0 Å². The molecule has 1 aliphatic heterocycles. The van der Waals surface area contributed by atoms with Crippen LogP contribution in [-0.2, 0) is 16.6 Å². The van der Waals surface area contributed by atoms with Crippen LogP contribution in [0.2, 0.25) is 0 Å². The fraction of sp³-hybridized carbons (Fsp3) is 0.667. The van der Waals surface area contributed by atoms with Crippen molar-refractivity contribution < 1.29 is 13.5 Å². The predicted molar refractivity (Wildman–Crippen MR) is 72.0 cm³/mol. The quantitative estimate of drug-likeness (QED) is 0.926. The second kappa shape index (κ2) is 4.92. The third-order valence-corrected chi connectivity index (χ3v) is 6.30. The summed E-state index contributed by atoms with van der Waals surface area (Å²) in [7, 11) is -3.45. The molecular weight excluding hydrogens is 270 g/mol. The molecule has 4 nitrogen and oxygen atoms in total. The van der Waals surface area contributed by atoms with Gasteiger partial charge >= 0.3 is 0 Å². The Morgan fingerprint density at radius 2 is 2.22 bits per heavy atom. The first-order valence-corrected chi connectivity index (χ1v) is 8.36. The molecular formula is C12H19NO3S2. The van der Waals surface area contributed by atoms with Gasteiger partial charge in [-0.05, 0) is 29.7 Å². The molecule has 1 saturated heterocycles. The Labute approximate surface area is 112 Å². The zero-order chi connectivity index (χ0) is 13.4. The van der Waals surface area contributed by atoms with E-state index in [2.05, 4.69) is 13.8 Å². The molecule has 102 valence electrons. The molecule has 0 amide bonds. The van der Waals surface area contributed by atoms with Gasteiger partial charge in [-0.3, -0.25) is 0 Å². The third kappa shape index (κ3) is 2.61. The number of rotatable bonds is 3. The van der Waals surface area contributed by atoms with Gasteiger partial charge in [-0.1, -0.05) is 13.8 Å². The highest BCUT2D eigenvalue weighted by Gasteiger charge is 2.35. The minimum atomic E-state index is -3.45. The van der Waals surface area contributed by atoms with E-state index in [9.17, 15) is 13.5 Å². The summed E-state index contributed by atoms with van der Waals surface area (Å²) in [6, 6.07) is 1.59. The summed E-state index contributed by atoms with van der Waals surface area (Å²) in [6.07, 6.45) is 1.94. The number of piperidine rings is 1. The van der Waals surface area contributed by atoms with Crippen molar-refractivity contribution in [1.29, 1.82) is 0 Å². The smallest absolute Gasteiger partial charge is 0.244 e. The maximum Gasteiger partial charge on any atom is 0.244 e. The Kier molecular flexibility index (Phi) is 3.82. The number of aliphatic hydroxyl groups is 1. The summed E-state index contributed by atoms with van der Waals surface area (Å²) in [5, 5.41) is 10.9. The Bertz CT molecular complexity index is 519. The van der Waals surface area contributed by atoms with Crippen molar-refractivity contribution in [1.82, 2.24) is 4.31 Å². The third-order valence-electron chi connectivity index (χ3n) is 3.33. The number of thiophene rings is 1. The minimum Gasteiger partial charge on any atom is -0.391 e. The van der Waals surface area contributed by atoms with E-state index >= 15 is 0 Å². The highest BCUT2D eigenvalue weighted by molar-refractivity contribution is 7.89. The monoisotopic (exact) mass is 289 g/mol. The summed E-state index contributed by atoms with van der Waals surface area (Å²) < 4.78 is 26.6. The molecule has 0 aliphatic carbocycles. The van der Waals surface area contributed by atoms with E-state index in [0.717, 1.165) is 12.8 Å². The number of aliphatic hydroxyl groups excluding tert-OH is 1. The van der Waals surface area contributed by atoms with Gasteiger partial charge in [0.1, 0.15) is 0 Å². The lowest BCUT2D eigenvalue weighted by Crippen LogP contribution is -2.43. The van der Waals surface area contributed by atoms with Crippen LogP contribution >= 0.6 is 11.3 Å². The van der Waals surface area contributed by atoms with Gasteiger partial charge in [-0.15, -0.1) is 11.3 Å². The standard InChI is InChI=1S/C12H19NO3S2/c1-12(2)5-3-6-13(9-12)18(15,16)11-4-7-17-10(11)8-14/h4,7,14H,3,5-6,8-9H2,1-2H3. The Hall–Kier alpha value is -0.430. The second-order valence-corrected chi connectivity index (χ2v) is 8.38. The predicted octanol–water partition coefficient (Wildman–Crippen LogP) is 2.05. The van der Waals surface area contributed by atoms with E-state index in [1.54, 1.807) is 15.8 Å². The molecule has 1 aliphatic rings. The topological polar surface area (TPSA) is 57.6 Å². The first-order valence-electron chi connectivity index (χ1n) is 6.04. The molecule has 1 aromatic heterocycles. The largest absolute Gasteiger partial charge is 0.391 e. The van der Waals surface area contributed by atoms with Crippen LogP contribution in [0, 0.1) is 5.41 Å². The summed E-state index contributed by atoms with van der Waals surface area (Å²) >= 11 is 1.28. The van der Waals surface area contributed by atoms with Gasteiger partial charge in [0.25, 0.3) is 0 Å². The fourth-order valence-corrected chi connectivity index (χ4v) is 5.32. The van der Waals surface area contributed by atoms with Crippen molar-refractivity contribution in [2.45, 2.75) is 38.2 Å². The lowest BCUT2D eigenvalue weighted by atomic mass is 9.85. The normalized spacial score (nSPS) is 21.1. The molecule has 1 fully saturated rings. The van der Waals surface area contributed by atoms with Crippen LogP contribution in [0.1, 0.15) is 31.6 Å². The van der Waals surface area contributed by atoms with Crippen molar-refractivity contribution in [3.8, 4) is 0 Å². The van der Waals surface area contributed by atoms with Crippen LogP contribution in [0.4, 0.5) is 0 Å². The first-order chi connectivity index (χ1) is 8.37. The molecule has 1 aromatic rings. The molecule has 18 heavy (non-hydrogen) atoms. The number of sulfonamides is 1. The first kappa shape index (κ1) is 14.0. The maximum atomic E-state index is 12.5. The average molecular weight is 289 g/mol. The van der Waals surface area contributed by atoms with E-state index in [1.165, 1.54) is 11.3 Å². The summed E-state index contributed by atoms with van der Waals surface area (Å²) in [5.41, 5.74) is 0.0285. The molecule has 0 unspecified atom stereocenters. The van der Waals surface area contributed by atoms with Crippen LogP contribution in [0.25, 0.3) is 0 Å². The van der Waals surface area contributed by atoms with Crippen molar-refractivity contribution in [3.63, 3.8) is 0 Å². The van der Waals surface area contributed by atoms with Gasteiger partial charge in [0, 0.05) is 18.0 Å². The second-order valence-electron chi connectivity index (χ2n) is 5.47. The van der Waals surface area contributed by atoms with Crippen LogP contribution < -0.4 is 0 Å². The van der Waals surface area contributed by atoms with Gasteiger partial charge in [0.05, 0.1) is 11.5 Å². The van der Waals surface area contributed by atoms with Gasteiger partial charge in [-0.25, -0.2) is 8.42 Å². The van der Waals surface area contributed by atoms with Crippen molar-refractivity contribution in [3.05, 3.63) is 16.3 Å². The maximum absolute atomic E-state index is 12.5. The lowest BCUT2D eigenvalue weighted by Gasteiger charge is -2.37. The highest BCUT2D eigenvalue weighted by Crippen LogP contribution is 2.33. The molecule has 0 radical (unpaired) electrons. The average Bonchev–Trinajstić information content (AvgIpc) is 2.76. The van der Waals surface area contributed by atoms with E-state index < -0.39 is 10.0 Å². The molecule has 6 heteroatoms. The molecule has 2 rings (SSSR count). The van der Waals surface area contributed by atoms with E-state index in [1.807, 2.05) is 0 Å². The van der Waals surface area contributed by atoms with E-state index in [4.69, 9.17) is 0 Å². The Balaban J connectivity index is 2.32. The lowest BCUT2D eigenvalue weighted by molar-refractivity contribution is 0.186. The Morgan fingerprint density at radius 3 is 2.83 bits per heavy atom. The summed E-state index contributed by atoms with van der Waals surface area (Å²) in [5.74, 6) is 0. The molecule has 0 spiro atoms.